The van der Waals surface area contributed by atoms with Crippen LogP contribution in [0, 0.1) is 0 Å². The highest BCUT2D eigenvalue weighted by Crippen LogP contribution is 1.74. The lowest BCUT2D eigenvalue weighted by atomic mass is 11.0. The van der Waals surface area contributed by atoms with Crippen molar-refractivity contribution in [3.8, 4) is 0 Å². The van der Waals surface area contributed by atoms with E-state index in [1.165, 1.54) is 0 Å². The van der Waals surface area contributed by atoms with Crippen molar-refractivity contribution in [1.82, 2.24) is 0 Å². The van der Waals surface area contributed by atoms with Crippen molar-refractivity contribution in [1.29, 1.82) is 0 Å². The van der Waals surface area contributed by atoms with E-state index < -0.39 is 0 Å². The van der Waals surface area contributed by atoms with Gasteiger partial charge in [0.25, 0.3) is 0 Å². The van der Waals surface area contributed by atoms with Crippen LogP contribution in [0.25, 0.3) is 0 Å². The molecule has 0 saturated carbocycles. The Labute approximate surface area is 42.5 Å². The van der Waals surface area contributed by atoms with Crippen LogP contribution in [-0.2, 0) is 0 Å². The van der Waals surface area contributed by atoms with Crippen molar-refractivity contribution in [3.05, 3.63) is 0 Å². The predicted octanol–water partition coefficient (Wildman–Crippen LogP) is 0.373. The summed E-state index contributed by atoms with van der Waals surface area (Å²) >= 11 is 0. The zero-order chi connectivity index (χ0) is 5.70. The molecule has 0 aliphatic heterocycles. The minimum atomic E-state index is 0.333. The fraction of sp³-hybridized carbons (Fsp3) is 0.250. The average molecular weight is 97.1 g/mol. The third-order valence-electron chi connectivity index (χ3n) is 0.483. The monoisotopic (exact) mass is 97.1 g/mol. The largest absolute Gasteiger partial charge is 0.253 e. The highest BCUT2D eigenvalue weighted by atomic mass is 15.0. The Balaban J connectivity index is 3.85. The zero-order valence-corrected chi connectivity index (χ0v) is 4.26. The Morgan fingerprint density at radius 1 is 1.29 bits per heavy atom. The fourth-order valence-electron chi connectivity index (χ4n) is 0.191. The summed E-state index contributed by atoms with van der Waals surface area (Å²) in [5.41, 5.74) is 0. The molecule has 0 fully saturated rings. The molecule has 0 radical (unpaired) electrons. The van der Waals surface area contributed by atoms with Crippen LogP contribution in [0.1, 0.15) is 0 Å². The Bertz CT molecular complexity index is 93.5. The molecule has 38 valence electrons. The third-order valence-corrected chi connectivity index (χ3v) is 0.483. The van der Waals surface area contributed by atoms with E-state index in [1.807, 2.05) is 0 Å². The highest BCUT2D eigenvalue weighted by Gasteiger charge is 1.76. The second kappa shape index (κ2) is 3.21. The maximum atomic E-state index is 3.58. The molecule has 0 unspecified atom stereocenters. The molecule has 0 aliphatic rings. The molecule has 0 rings (SSSR count). The van der Waals surface area contributed by atoms with Gasteiger partial charge in [0.15, 0.2) is 0 Å². The molecule has 0 aromatic carbocycles. The van der Waals surface area contributed by atoms with Gasteiger partial charge in [-0.05, 0) is 13.4 Å². The summed E-state index contributed by atoms with van der Waals surface area (Å²) in [6.07, 6.45) is 0. The molecule has 3 nitrogen and oxygen atoms in total. The van der Waals surface area contributed by atoms with E-state index in [9.17, 15) is 0 Å². The Hall–Kier alpha value is -0.990. The zero-order valence-electron chi connectivity index (χ0n) is 4.26. The molecule has 0 aromatic heterocycles. The molecule has 0 atom stereocenters. The van der Waals surface area contributed by atoms with Crippen LogP contribution in [0.2, 0.25) is 0 Å². The number of guanidine groups is 1. The number of hydrogen-bond acceptors (Lipinski definition) is 1. The van der Waals surface area contributed by atoms with Crippen molar-refractivity contribution in [3.63, 3.8) is 0 Å². The van der Waals surface area contributed by atoms with Crippen molar-refractivity contribution >= 4 is 19.4 Å². The maximum absolute atomic E-state index is 3.58. The second-order valence-electron chi connectivity index (χ2n) is 0.840. The fourth-order valence-corrected chi connectivity index (χ4v) is 0.191. The lowest BCUT2D eigenvalue weighted by molar-refractivity contribution is 1.37. The summed E-state index contributed by atoms with van der Waals surface area (Å²) in [7, 11) is 1.58. The quantitative estimate of drug-likeness (QED) is 0.309. The lowest BCUT2D eigenvalue weighted by Crippen LogP contribution is -1.82. The molecular formula is C4H7N3. The maximum Gasteiger partial charge on any atom is 0.243 e. The van der Waals surface area contributed by atoms with Gasteiger partial charge < -0.3 is 0 Å². The van der Waals surface area contributed by atoms with Gasteiger partial charge >= 0.3 is 0 Å². The molecule has 0 heterocycles. The molecule has 0 N–H and O–H groups in total. The van der Waals surface area contributed by atoms with E-state index in [1.54, 1.807) is 7.05 Å². The summed E-state index contributed by atoms with van der Waals surface area (Å²) in [6.45, 7) is 6.38. The molecule has 0 aromatic rings. The van der Waals surface area contributed by atoms with Crippen LogP contribution in [0.15, 0.2) is 15.0 Å². The van der Waals surface area contributed by atoms with Crippen LogP contribution < -0.4 is 0 Å². The molecule has 7 heavy (non-hydrogen) atoms. The van der Waals surface area contributed by atoms with Gasteiger partial charge in [0.05, 0.1) is 0 Å². The van der Waals surface area contributed by atoms with Gasteiger partial charge in [-0.3, -0.25) is 4.99 Å². The van der Waals surface area contributed by atoms with Gasteiger partial charge in [-0.2, -0.15) is 0 Å². The van der Waals surface area contributed by atoms with Crippen LogP contribution in [-0.4, -0.2) is 26.4 Å². The van der Waals surface area contributed by atoms with Crippen LogP contribution in [0.3, 0.4) is 0 Å². The Kier molecular flexibility index (Phi) is 2.76. The van der Waals surface area contributed by atoms with E-state index in [4.69, 9.17) is 0 Å². The Morgan fingerprint density at radius 3 is 1.71 bits per heavy atom. The third kappa shape index (κ3) is 1.81. The molecule has 0 spiro atoms. The van der Waals surface area contributed by atoms with E-state index in [0.717, 1.165) is 0 Å². The number of hydrogen-bond donors (Lipinski definition) is 0. The molecule has 0 aliphatic carbocycles. The molecule has 3 heteroatoms. The predicted molar refractivity (Wildman–Crippen MR) is 32.5 cm³/mol. The minimum absolute atomic E-state index is 0.333. The van der Waals surface area contributed by atoms with Gasteiger partial charge in [0.1, 0.15) is 0 Å². The molecule has 0 bridgehead atoms. The minimum Gasteiger partial charge on any atom is -0.253 e. The summed E-state index contributed by atoms with van der Waals surface area (Å²) in [4.78, 5) is 10.4. The van der Waals surface area contributed by atoms with Crippen LogP contribution in [0.5, 0.6) is 0 Å². The van der Waals surface area contributed by atoms with Gasteiger partial charge in [0.2, 0.25) is 5.96 Å². The van der Waals surface area contributed by atoms with E-state index in [2.05, 4.69) is 28.4 Å². The summed E-state index contributed by atoms with van der Waals surface area (Å²) in [6, 6.07) is 0. The Morgan fingerprint density at radius 2 is 1.71 bits per heavy atom. The van der Waals surface area contributed by atoms with Gasteiger partial charge in [0, 0.05) is 7.05 Å². The summed E-state index contributed by atoms with van der Waals surface area (Å²) in [5.74, 6) is 0.333. The van der Waals surface area contributed by atoms with Crippen molar-refractivity contribution in [2.75, 3.05) is 7.05 Å². The molecule has 0 saturated heterocycles. The summed E-state index contributed by atoms with van der Waals surface area (Å²) in [5, 5.41) is 0. The first kappa shape index (κ1) is 6.01. The van der Waals surface area contributed by atoms with Crippen molar-refractivity contribution in [2.24, 2.45) is 15.0 Å². The number of rotatable bonds is 0. The second-order valence-corrected chi connectivity index (χ2v) is 0.840. The SMILES string of the molecule is C=NC(N=C)=NC. The highest BCUT2D eigenvalue weighted by molar-refractivity contribution is 5.87. The average Bonchev–Trinajstić information content (AvgIpc) is 1.72. The van der Waals surface area contributed by atoms with Crippen molar-refractivity contribution in [2.45, 2.75) is 0 Å². The van der Waals surface area contributed by atoms with Gasteiger partial charge in [-0.15, -0.1) is 0 Å². The normalized spacial score (nSPS) is 7.00. The van der Waals surface area contributed by atoms with E-state index in [0.29, 0.717) is 5.96 Å². The standard InChI is InChI=1S/C4H7N3/c1-5-4(6-2)7-3/h1-2H2,3H3. The first-order valence-electron chi connectivity index (χ1n) is 1.75. The first-order valence-corrected chi connectivity index (χ1v) is 1.75. The lowest BCUT2D eigenvalue weighted by Gasteiger charge is -1.80. The molecular weight excluding hydrogens is 90.1 g/mol. The van der Waals surface area contributed by atoms with Crippen molar-refractivity contribution < 1.29 is 0 Å². The topological polar surface area (TPSA) is 37.1 Å². The van der Waals surface area contributed by atoms with Crippen LogP contribution >= 0.6 is 0 Å². The number of aliphatic imine (C=N–C) groups is 3. The van der Waals surface area contributed by atoms with Gasteiger partial charge in [-0.1, -0.05) is 0 Å². The van der Waals surface area contributed by atoms with E-state index in [-0.39, 0.29) is 0 Å². The summed E-state index contributed by atoms with van der Waals surface area (Å²) < 4.78 is 0. The van der Waals surface area contributed by atoms with Crippen LogP contribution in [0.4, 0.5) is 0 Å². The van der Waals surface area contributed by atoms with E-state index >= 15 is 0 Å². The number of nitrogens with zero attached hydrogens (tertiary/aromatic N) is 3. The molecule has 0 amide bonds. The van der Waals surface area contributed by atoms with Gasteiger partial charge in [-0.25, -0.2) is 9.98 Å². The smallest absolute Gasteiger partial charge is 0.243 e. The first-order chi connectivity index (χ1) is 3.35.